The first-order valence-corrected chi connectivity index (χ1v) is 6.13. The summed E-state index contributed by atoms with van der Waals surface area (Å²) in [7, 11) is 0. The number of carbonyl (C=O) groups excluding carboxylic acids is 1. The van der Waals surface area contributed by atoms with Crippen LogP contribution in [0.3, 0.4) is 0 Å². The lowest BCUT2D eigenvalue weighted by Crippen LogP contribution is -2.17. The Morgan fingerprint density at radius 1 is 1.24 bits per heavy atom. The Bertz CT molecular complexity index is 269. The van der Waals surface area contributed by atoms with Gasteiger partial charge in [-0.1, -0.05) is 39.8 Å². The van der Waals surface area contributed by atoms with E-state index in [0.29, 0.717) is 12.4 Å². The maximum atomic E-state index is 11.5. The van der Waals surface area contributed by atoms with Gasteiger partial charge in [0.1, 0.15) is 19.0 Å². The van der Waals surface area contributed by atoms with E-state index in [2.05, 4.69) is 20.1 Å². The van der Waals surface area contributed by atoms with Gasteiger partial charge in [-0.25, -0.2) is 0 Å². The number of carbonyl (C=O) groups is 1. The molecule has 0 saturated carbocycles. The second-order valence-electron chi connectivity index (χ2n) is 4.26. The summed E-state index contributed by atoms with van der Waals surface area (Å²) in [6, 6.07) is 0. The number of rotatable bonds is 9. The van der Waals surface area contributed by atoms with Crippen LogP contribution in [-0.2, 0) is 14.3 Å². The van der Waals surface area contributed by atoms with Crippen molar-refractivity contribution in [3.8, 4) is 0 Å². The van der Waals surface area contributed by atoms with Crippen molar-refractivity contribution >= 4 is 5.97 Å². The van der Waals surface area contributed by atoms with E-state index >= 15 is 0 Å². The highest BCUT2D eigenvalue weighted by Gasteiger charge is 2.13. The van der Waals surface area contributed by atoms with E-state index in [1.807, 2.05) is 13.8 Å². The molecule has 0 amide bonds. The maximum absolute atomic E-state index is 11.5. The van der Waals surface area contributed by atoms with Crippen molar-refractivity contribution in [1.82, 2.24) is 0 Å². The maximum Gasteiger partial charge on any atom is 0.308 e. The minimum atomic E-state index is -0.150. The minimum Gasteiger partial charge on any atom is -0.490 e. The molecule has 0 aliphatic carbocycles. The van der Waals surface area contributed by atoms with Gasteiger partial charge in [0.15, 0.2) is 0 Å². The predicted octanol–water partition coefficient (Wildman–Crippen LogP) is 3.46. The summed E-state index contributed by atoms with van der Waals surface area (Å²) in [6.45, 7) is 13.8. The Labute approximate surface area is 104 Å². The molecule has 0 N–H and O–H groups in total. The van der Waals surface area contributed by atoms with Gasteiger partial charge in [0.05, 0.1) is 5.92 Å². The van der Waals surface area contributed by atoms with Crippen LogP contribution < -0.4 is 0 Å². The summed E-state index contributed by atoms with van der Waals surface area (Å²) in [5.74, 6) is 0.363. The monoisotopic (exact) mass is 240 g/mol. The summed E-state index contributed by atoms with van der Waals surface area (Å²) >= 11 is 0. The van der Waals surface area contributed by atoms with Crippen molar-refractivity contribution in [2.45, 2.75) is 40.0 Å². The minimum absolute atomic E-state index is 0.0284. The summed E-state index contributed by atoms with van der Waals surface area (Å²) in [4.78, 5) is 11.5. The molecule has 98 valence electrons. The van der Waals surface area contributed by atoms with Gasteiger partial charge in [0, 0.05) is 0 Å². The molecule has 3 nitrogen and oxygen atoms in total. The van der Waals surface area contributed by atoms with Crippen molar-refractivity contribution in [2.75, 3.05) is 13.2 Å². The van der Waals surface area contributed by atoms with E-state index in [1.54, 1.807) is 0 Å². The number of hydrogen-bond acceptors (Lipinski definition) is 3. The standard InChI is InChI=1S/C14H24O3/c1-6-7-8-12(4)14(15)17-10-9-16-13(5)11(2)3/h12H,2,5-10H2,1,3-4H3. The lowest BCUT2D eigenvalue weighted by molar-refractivity contribution is -0.149. The second-order valence-corrected chi connectivity index (χ2v) is 4.26. The van der Waals surface area contributed by atoms with Crippen LogP contribution in [0.4, 0.5) is 0 Å². The van der Waals surface area contributed by atoms with Crippen LogP contribution in [0.1, 0.15) is 40.0 Å². The molecular formula is C14H24O3. The Morgan fingerprint density at radius 3 is 2.35 bits per heavy atom. The molecule has 0 rings (SSSR count). The first-order valence-electron chi connectivity index (χ1n) is 6.13. The highest BCUT2D eigenvalue weighted by atomic mass is 16.6. The van der Waals surface area contributed by atoms with Crippen LogP contribution in [0.15, 0.2) is 24.5 Å². The number of esters is 1. The zero-order valence-corrected chi connectivity index (χ0v) is 11.3. The molecule has 0 aromatic rings. The number of hydrogen-bond donors (Lipinski definition) is 0. The molecule has 0 saturated heterocycles. The van der Waals surface area contributed by atoms with Gasteiger partial charge in [-0.15, -0.1) is 0 Å². The fourth-order valence-corrected chi connectivity index (χ4v) is 1.20. The third-order valence-corrected chi connectivity index (χ3v) is 2.47. The molecule has 0 fully saturated rings. The van der Waals surface area contributed by atoms with Gasteiger partial charge in [-0.05, 0) is 18.9 Å². The van der Waals surface area contributed by atoms with Gasteiger partial charge in [-0.2, -0.15) is 0 Å². The lowest BCUT2D eigenvalue weighted by Gasteiger charge is -2.12. The van der Waals surface area contributed by atoms with E-state index in [-0.39, 0.29) is 18.5 Å². The average Bonchev–Trinajstić information content (AvgIpc) is 2.30. The normalized spacial score (nSPS) is 11.7. The SMILES string of the molecule is C=C(C)C(=C)OCCOC(=O)C(C)CCCC. The van der Waals surface area contributed by atoms with Crippen molar-refractivity contribution in [2.24, 2.45) is 5.92 Å². The van der Waals surface area contributed by atoms with Gasteiger partial charge in [-0.3, -0.25) is 4.79 Å². The number of unbranched alkanes of at least 4 members (excludes halogenated alkanes) is 1. The molecule has 0 aromatic heterocycles. The molecule has 17 heavy (non-hydrogen) atoms. The zero-order valence-electron chi connectivity index (χ0n) is 11.3. The lowest BCUT2D eigenvalue weighted by atomic mass is 10.1. The molecule has 0 radical (unpaired) electrons. The Morgan fingerprint density at radius 2 is 1.82 bits per heavy atom. The smallest absolute Gasteiger partial charge is 0.308 e. The van der Waals surface area contributed by atoms with E-state index in [9.17, 15) is 4.79 Å². The Hall–Kier alpha value is -1.25. The highest BCUT2D eigenvalue weighted by Crippen LogP contribution is 2.09. The molecule has 0 heterocycles. The van der Waals surface area contributed by atoms with E-state index in [1.165, 1.54) is 0 Å². The quantitative estimate of drug-likeness (QED) is 0.268. The Balaban J connectivity index is 3.64. The van der Waals surface area contributed by atoms with Crippen LogP contribution in [0.2, 0.25) is 0 Å². The highest BCUT2D eigenvalue weighted by molar-refractivity contribution is 5.71. The summed E-state index contributed by atoms with van der Waals surface area (Å²) < 4.78 is 10.3. The van der Waals surface area contributed by atoms with E-state index < -0.39 is 0 Å². The third-order valence-electron chi connectivity index (χ3n) is 2.47. The van der Waals surface area contributed by atoms with Crippen molar-refractivity contribution in [1.29, 1.82) is 0 Å². The first-order chi connectivity index (χ1) is 7.99. The fourth-order valence-electron chi connectivity index (χ4n) is 1.20. The molecule has 0 spiro atoms. The van der Waals surface area contributed by atoms with Crippen molar-refractivity contribution in [3.05, 3.63) is 24.5 Å². The number of ether oxygens (including phenoxy) is 2. The molecule has 0 aliphatic heterocycles. The molecule has 0 aromatic carbocycles. The number of allylic oxidation sites excluding steroid dienone is 1. The largest absolute Gasteiger partial charge is 0.490 e. The molecule has 0 aliphatic rings. The van der Waals surface area contributed by atoms with Gasteiger partial charge in [0.25, 0.3) is 0 Å². The van der Waals surface area contributed by atoms with E-state index in [0.717, 1.165) is 24.8 Å². The third kappa shape index (κ3) is 7.61. The Kier molecular flexibility index (Phi) is 8.20. The van der Waals surface area contributed by atoms with Crippen LogP contribution in [0, 0.1) is 5.92 Å². The summed E-state index contributed by atoms with van der Waals surface area (Å²) in [5, 5.41) is 0. The van der Waals surface area contributed by atoms with Crippen LogP contribution in [-0.4, -0.2) is 19.2 Å². The molecule has 1 atom stereocenters. The molecule has 0 bridgehead atoms. The van der Waals surface area contributed by atoms with Crippen LogP contribution in [0.5, 0.6) is 0 Å². The van der Waals surface area contributed by atoms with Gasteiger partial charge < -0.3 is 9.47 Å². The molecule has 3 heteroatoms. The summed E-state index contributed by atoms with van der Waals surface area (Å²) in [6.07, 6.45) is 3.03. The molecule has 1 unspecified atom stereocenters. The van der Waals surface area contributed by atoms with Gasteiger partial charge in [0.2, 0.25) is 0 Å². The van der Waals surface area contributed by atoms with Gasteiger partial charge >= 0.3 is 5.97 Å². The first kappa shape index (κ1) is 15.8. The van der Waals surface area contributed by atoms with Crippen molar-refractivity contribution in [3.63, 3.8) is 0 Å². The van der Waals surface area contributed by atoms with Crippen LogP contribution >= 0.6 is 0 Å². The second kappa shape index (κ2) is 8.85. The average molecular weight is 240 g/mol. The predicted molar refractivity (Wildman–Crippen MR) is 69.6 cm³/mol. The topological polar surface area (TPSA) is 35.5 Å². The molecular weight excluding hydrogens is 216 g/mol. The van der Waals surface area contributed by atoms with Crippen LogP contribution in [0.25, 0.3) is 0 Å². The van der Waals surface area contributed by atoms with Crippen molar-refractivity contribution < 1.29 is 14.3 Å². The zero-order chi connectivity index (χ0) is 13.3. The fraction of sp³-hybridized carbons (Fsp3) is 0.643. The summed E-state index contributed by atoms with van der Waals surface area (Å²) in [5.41, 5.74) is 0.785. The van der Waals surface area contributed by atoms with E-state index in [4.69, 9.17) is 9.47 Å².